The largest absolute Gasteiger partial charge is 0.450 e. The highest BCUT2D eigenvalue weighted by molar-refractivity contribution is 6.29. The lowest BCUT2D eigenvalue weighted by atomic mass is 9.44. The zero-order valence-corrected chi connectivity index (χ0v) is 27.8. The number of aliphatic hydroxyl groups excluding tert-OH is 2. The first-order chi connectivity index (χ1) is 20.0. The van der Waals surface area contributed by atoms with Crippen molar-refractivity contribution in [1.82, 2.24) is 0 Å². The van der Waals surface area contributed by atoms with Gasteiger partial charge in [-0.15, -0.1) is 11.6 Å². The van der Waals surface area contributed by atoms with Gasteiger partial charge in [0.1, 0.15) is 0 Å². The Bertz CT molecular complexity index is 1170. The molecule has 11 atom stereocenters. The lowest BCUT2D eigenvalue weighted by molar-refractivity contribution is -0.227. The van der Waals surface area contributed by atoms with Gasteiger partial charge >= 0.3 is 5.97 Å². The van der Waals surface area contributed by atoms with E-state index in [-0.39, 0.29) is 48.2 Å². The topological polar surface area (TPSA) is 101 Å². The molecule has 43 heavy (non-hydrogen) atoms. The Labute approximate surface area is 261 Å². The van der Waals surface area contributed by atoms with Crippen molar-refractivity contribution >= 4 is 29.1 Å². The zero-order chi connectivity index (χ0) is 32.1. The zero-order valence-electron chi connectivity index (χ0n) is 27.0. The number of carbonyl (C=O) groups is 3. The summed E-state index contributed by atoms with van der Waals surface area (Å²) in [6, 6.07) is 0. The predicted molar refractivity (Wildman–Crippen MR) is 165 cm³/mol. The Morgan fingerprint density at radius 1 is 1.12 bits per heavy atom. The van der Waals surface area contributed by atoms with E-state index in [0.29, 0.717) is 36.7 Å². The van der Waals surface area contributed by atoms with E-state index in [4.69, 9.17) is 16.3 Å². The van der Waals surface area contributed by atoms with E-state index < -0.39 is 40.1 Å². The summed E-state index contributed by atoms with van der Waals surface area (Å²) in [6.07, 6.45) is 8.18. The molecule has 3 unspecified atom stereocenters. The van der Waals surface area contributed by atoms with Gasteiger partial charge in [-0.05, 0) is 81.3 Å². The van der Waals surface area contributed by atoms with E-state index in [1.165, 1.54) is 25.0 Å². The van der Waals surface area contributed by atoms with E-state index in [2.05, 4.69) is 20.8 Å². The number of allylic oxidation sites excluding steroid dienone is 4. The average molecular weight is 623 g/mol. The van der Waals surface area contributed by atoms with Crippen LogP contribution in [0.15, 0.2) is 23.8 Å². The quantitative estimate of drug-likeness (QED) is 0.267. The third kappa shape index (κ3) is 5.27. The smallest absolute Gasteiger partial charge is 0.306 e. The molecule has 0 aliphatic heterocycles. The Morgan fingerprint density at radius 2 is 1.79 bits per heavy atom. The molecule has 0 aromatic carbocycles. The van der Waals surface area contributed by atoms with Crippen LogP contribution in [0.2, 0.25) is 0 Å². The van der Waals surface area contributed by atoms with Crippen molar-refractivity contribution in [3.63, 3.8) is 0 Å². The number of hydrogen-bond donors (Lipinski definition) is 2. The summed E-state index contributed by atoms with van der Waals surface area (Å²) in [5.74, 6) is -0.619. The summed E-state index contributed by atoms with van der Waals surface area (Å²) in [6.45, 7) is 13.8. The van der Waals surface area contributed by atoms with Crippen molar-refractivity contribution in [3.05, 3.63) is 23.8 Å². The van der Waals surface area contributed by atoms with E-state index in [0.717, 1.165) is 12.3 Å². The number of ketones is 2. The Hall–Kier alpha value is -1.57. The van der Waals surface area contributed by atoms with Gasteiger partial charge in [-0.3, -0.25) is 14.4 Å². The van der Waals surface area contributed by atoms with Gasteiger partial charge in [0.05, 0.1) is 18.1 Å². The second-order valence-electron chi connectivity index (χ2n) is 14.9. The normalized spacial score (nSPS) is 45.3. The molecule has 2 N–H and O–H groups in total. The van der Waals surface area contributed by atoms with Gasteiger partial charge in [-0.1, -0.05) is 59.6 Å². The minimum absolute atomic E-state index is 0.0285. The Kier molecular flexibility index (Phi) is 9.83. The molecule has 0 bridgehead atoms. The molecule has 4 fully saturated rings. The van der Waals surface area contributed by atoms with Gasteiger partial charge in [0, 0.05) is 29.1 Å². The van der Waals surface area contributed by atoms with Gasteiger partial charge in [0.2, 0.25) is 0 Å². The van der Waals surface area contributed by atoms with Gasteiger partial charge < -0.3 is 14.9 Å². The van der Waals surface area contributed by atoms with E-state index in [1.807, 2.05) is 13.8 Å². The third-order valence-electron chi connectivity index (χ3n) is 12.3. The second-order valence-corrected chi connectivity index (χ2v) is 15.2. The lowest BCUT2D eigenvalue weighted by Crippen LogP contribution is -2.70. The van der Waals surface area contributed by atoms with Gasteiger partial charge in [-0.2, -0.15) is 0 Å². The van der Waals surface area contributed by atoms with Gasteiger partial charge in [0.15, 0.2) is 22.8 Å². The molecule has 5 rings (SSSR count). The maximum absolute atomic E-state index is 17.2. The number of carbonyl (C=O) groups excluding carboxylic acids is 3. The Morgan fingerprint density at radius 3 is 2.37 bits per heavy atom. The molecule has 242 valence electrons. The summed E-state index contributed by atoms with van der Waals surface area (Å²) in [5, 5.41) is 21.1. The molecular formula is C35H52ClFO6. The Balaban J connectivity index is 0.000000324. The standard InChI is InChI=1S/C25H32ClFO5.C10H20O/c1-5-21(31)32-25(20(30)13-26)14(2)10-18-17-7-6-15-11-16(28)8-9-22(15,3)24(17,27)19(29)12-23(18,25)4;1-7(2)9-5-4-8(3)6-10(9)11/h8-9,11,14,17-19,29H,5-7,10,12-13H2,1-4H3;7-11H,4-6H2,1-3H3/t14-,17-,18-,19-,22-,23-,24-,25-;/m0./s1. The van der Waals surface area contributed by atoms with E-state index in [1.54, 1.807) is 19.9 Å². The van der Waals surface area contributed by atoms with E-state index in [9.17, 15) is 24.6 Å². The van der Waals surface area contributed by atoms with Crippen molar-refractivity contribution in [1.29, 1.82) is 0 Å². The number of esters is 1. The first kappa shape index (κ1) is 34.3. The van der Waals surface area contributed by atoms with Crippen LogP contribution in [0.25, 0.3) is 0 Å². The number of hydrogen-bond acceptors (Lipinski definition) is 6. The predicted octanol–water partition coefficient (Wildman–Crippen LogP) is 6.54. The maximum Gasteiger partial charge on any atom is 0.306 e. The van der Waals surface area contributed by atoms with Gasteiger partial charge in [0.25, 0.3) is 0 Å². The number of halogens is 2. The minimum atomic E-state index is -1.99. The molecule has 0 amide bonds. The second kappa shape index (κ2) is 12.3. The van der Waals surface area contributed by atoms with Crippen molar-refractivity contribution in [2.24, 2.45) is 46.3 Å². The van der Waals surface area contributed by atoms with Crippen LogP contribution >= 0.6 is 11.6 Å². The van der Waals surface area contributed by atoms with Gasteiger partial charge in [-0.25, -0.2) is 4.39 Å². The van der Waals surface area contributed by atoms with Crippen molar-refractivity contribution in [2.45, 2.75) is 123 Å². The highest BCUT2D eigenvalue weighted by Gasteiger charge is 2.77. The fourth-order valence-corrected chi connectivity index (χ4v) is 10.1. The van der Waals surface area contributed by atoms with Crippen LogP contribution in [-0.2, 0) is 19.1 Å². The molecule has 0 aromatic rings. The fraction of sp³-hybridized carbons (Fsp3) is 0.800. The van der Waals surface area contributed by atoms with E-state index >= 15 is 4.39 Å². The highest BCUT2D eigenvalue weighted by atomic mass is 35.5. The van der Waals surface area contributed by atoms with Crippen molar-refractivity contribution in [2.75, 3.05) is 5.88 Å². The maximum atomic E-state index is 17.2. The molecule has 0 radical (unpaired) electrons. The first-order valence-corrected chi connectivity index (χ1v) is 16.9. The number of Topliss-reactive ketones (excluding diaryl/α,β-unsaturated/α-hetero) is 1. The molecule has 0 heterocycles. The summed E-state index contributed by atoms with van der Waals surface area (Å²) in [4.78, 5) is 37.7. The van der Waals surface area contributed by atoms with Crippen LogP contribution < -0.4 is 0 Å². The summed E-state index contributed by atoms with van der Waals surface area (Å²) in [5.41, 5.74) is -4.83. The fourth-order valence-electron chi connectivity index (χ4n) is 9.90. The molecule has 8 heteroatoms. The lowest BCUT2D eigenvalue weighted by Gasteiger charge is -2.62. The molecule has 4 saturated carbocycles. The first-order valence-electron chi connectivity index (χ1n) is 16.3. The summed E-state index contributed by atoms with van der Waals surface area (Å²) in [7, 11) is 0. The molecule has 5 aliphatic rings. The minimum Gasteiger partial charge on any atom is -0.450 e. The van der Waals surface area contributed by atoms with Crippen LogP contribution in [-0.4, -0.2) is 57.1 Å². The molecular weight excluding hydrogens is 571 g/mol. The summed E-state index contributed by atoms with van der Waals surface area (Å²) < 4.78 is 23.1. The van der Waals surface area contributed by atoms with Crippen LogP contribution in [0.1, 0.15) is 99.8 Å². The SMILES string of the molecule is CC1CCC(C(C)C)C(O)C1.CCC(=O)O[C@]1(C(=O)CCl)[C@@H](C)C[C@H]2[C@@H]3CCC4=CC(=O)C=C[C@]4(C)[C@@]3(F)[C@@H](O)C[C@@]21C. The number of fused-ring (bicyclic) bond motifs is 5. The monoisotopic (exact) mass is 622 g/mol. The molecule has 0 aromatic heterocycles. The number of ether oxygens (including phenoxy) is 1. The van der Waals surface area contributed by atoms with Crippen LogP contribution in [0.3, 0.4) is 0 Å². The molecule has 0 spiro atoms. The van der Waals surface area contributed by atoms with Crippen LogP contribution in [0.4, 0.5) is 4.39 Å². The molecule has 5 aliphatic carbocycles. The van der Waals surface area contributed by atoms with Crippen molar-refractivity contribution < 1.29 is 33.7 Å². The number of rotatable bonds is 5. The third-order valence-corrected chi connectivity index (χ3v) is 12.5. The highest BCUT2D eigenvalue weighted by Crippen LogP contribution is 2.71. The van der Waals surface area contributed by atoms with Crippen LogP contribution in [0.5, 0.6) is 0 Å². The molecule has 0 saturated heterocycles. The van der Waals surface area contributed by atoms with Crippen molar-refractivity contribution in [3.8, 4) is 0 Å². The average Bonchev–Trinajstić information content (AvgIpc) is 3.15. The molecule has 6 nitrogen and oxygen atoms in total. The van der Waals surface area contributed by atoms with Crippen LogP contribution in [0, 0.1) is 46.3 Å². The summed E-state index contributed by atoms with van der Waals surface area (Å²) >= 11 is 6.01. The number of alkyl halides is 2. The number of aliphatic hydroxyl groups is 2.